The molecule has 3 rings (SSSR count). The highest BCUT2D eigenvalue weighted by atomic mass is 79.9. The van der Waals surface area contributed by atoms with Crippen molar-refractivity contribution in [1.82, 2.24) is 20.1 Å². The molecule has 1 aromatic heterocycles. The van der Waals surface area contributed by atoms with Crippen LogP contribution < -0.4 is 10.6 Å². The number of anilines is 1. The first kappa shape index (κ1) is 28.5. The third-order valence-electron chi connectivity index (χ3n) is 5.80. The summed E-state index contributed by atoms with van der Waals surface area (Å²) in [5, 5.41) is 16.0. The highest BCUT2D eigenvalue weighted by Crippen LogP contribution is 2.28. The van der Waals surface area contributed by atoms with Crippen molar-refractivity contribution in [2.75, 3.05) is 11.1 Å². The minimum Gasteiger partial charge on any atom is -0.342 e. The molecule has 0 bridgehead atoms. The third-order valence-corrected chi connectivity index (χ3v) is 8.17. The van der Waals surface area contributed by atoms with E-state index >= 15 is 0 Å². The predicted octanol–water partition coefficient (Wildman–Crippen LogP) is 6.84. The summed E-state index contributed by atoms with van der Waals surface area (Å²) in [4.78, 5) is 25.6. The van der Waals surface area contributed by atoms with Crippen LogP contribution >= 0.6 is 50.9 Å². The molecule has 192 valence electrons. The van der Waals surface area contributed by atoms with Crippen molar-refractivity contribution in [2.45, 2.75) is 52.4 Å². The van der Waals surface area contributed by atoms with Crippen LogP contribution in [0.25, 0.3) is 0 Å². The molecule has 0 radical (unpaired) electrons. The van der Waals surface area contributed by atoms with Gasteiger partial charge in [-0.3, -0.25) is 9.59 Å². The van der Waals surface area contributed by atoms with E-state index in [0.29, 0.717) is 28.1 Å². The van der Waals surface area contributed by atoms with E-state index in [1.54, 1.807) is 12.1 Å². The Morgan fingerprint density at radius 2 is 1.83 bits per heavy atom. The fraction of sp³-hybridized carbons (Fsp3) is 0.360. The molecule has 2 aromatic carbocycles. The normalized spacial score (nSPS) is 12.0. The van der Waals surface area contributed by atoms with Gasteiger partial charge >= 0.3 is 0 Å². The van der Waals surface area contributed by atoms with Crippen LogP contribution in [-0.2, 0) is 11.3 Å². The van der Waals surface area contributed by atoms with E-state index in [-0.39, 0.29) is 28.5 Å². The van der Waals surface area contributed by atoms with Gasteiger partial charge in [0.1, 0.15) is 0 Å². The lowest BCUT2D eigenvalue weighted by atomic mass is 10.0. The van der Waals surface area contributed by atoms with Crippen molar-refractivity contribution in [3.63, 3.8) is 0 Å². The number of hydrogen-bond acceptors (Lipinski definition) is 5. The van der Waals surface area contributed by atoms with Crippen molar-refractivity contribution in [3.05, 3.63) is 67.4 Å². The number of carbonyl (C=O) groups is 2. The second-order valence-electron chi connectivity index (χ2n) is 8.59. The van der Waals surface area contributed by atoms with Crippen molar-refractivity contribution in [2.24, 2.45) is 5.92 Å². The monoisotopic (exact) mass is 611 g/mol. The Bertz CT molecular complexity index is 1280. The molecule has 11 heteroatoms. The largest absolute Gasteiger partial charge is 0.342 e. The lowest BCUT2D eigenvalue weighted by molar-refractivity contribution is -0.113. The number of nitrogens with one attached hydrogen (secondary N) is 2. The summed E-state index contributed by atoms with van der Waals surface area (Å²) in [7, 11) is 0. The van der Waals surface area contributed by atoms with Crippen LogP contribution in [0.15, 0.2) is 40.0 Å². The zero-order valence-electron chi connectivity index (χ0n) is 20.7. The Labute approximate surface area is 233 Å². The summed E-state index contributed by atoms with van der Waals surface area (Å²) in [5.74, 6) is 0.358. The summed E-state index contributed by atoms with van der Waals surface area (Å²) < 4.78 is 2.92. The Balaban J connectivity index is 1.74. The molecule has 0 saturated carbocycles. The highest BCUT2D eigenvalue weighted by Gasteiger charge is 2.27. The van der Waals surface area contributed by atoms with Crippen LogP contribution in [-0.4, -0.2) is 32.3 Å². The van der Waals surface area contributed by atoms with E-state index in [0.717, 1.165) is 21.3 Å². The number of nitrogens with zero attached hydrogens (tertiary/aromatic N) is 3. The summed E-state index contributed by atoms with van der Waals surface area (Å²) in [5.41, 5.74) is 3.21. The summed E-state index contributed by atoms with van der Waals surface area (Å²) >= 11 is 17.0. The average Bonchev–Trinajstić information content (AvgIpc) is 3.23. The maximum absolute atomic E-state index is 13.0. The van der Waals surface area contributed by atoms with E-state index < -0.39 is 6.04 Å². The van der Waals surface area contributed by atoms with Crippen LogP contribution in [0.4, 0.5) is 5.69 Å². The summed E-state index contributed by atoms with van der Waals surface area (Å²) in [6.45, 7) is 10.5. The van der Waals surface area contributed by atoms with Gasteiger partial charge in [0.15, 0.2) is 11.0 Å². The second kappa shape index (κ2) is 12.4. The summed E-state index contributed by atoms with van der Waals surface area (Å²) in [6.07, 6.45) is 0. The van der Waals surface area contributed by atoms with Crippen molar-refractivity contribution < 1.29 is 9.59 Å². The zero-order valence-corrected chi connectivity index (χ0v) is 24.6. The van der Waals surface area contributed by atoms with Gasteiger partial charge in [-0.15, -0.1) is 10.2 Å². The van der Waals surface area contributed by atoms with Crippen LogP contribution in [0.1, 0.15) is 54.1 Å². The topological polar surface area (TPSA) is 88.9 Å². The quantitative estimate of drug-likeness (QED) is 0.258. The van der Waals surface area contributed by atoms with Gasteiger partial charge in [0.05, 0.1) is 22.4 Å². The van der Waals surface area contributed by atoms with Gasteiger partial charge in [-0.1, -0.05) is 64.7 Å². The molecule has 2 N–H and O–H groups in total. The van der Waals surface area contributed by atoms with Crippen molar-refractivity contribution in [3.8, 4) is 0 Å². The first-order valence-electron chi connectivity index (χ1n) is 11.4. The minimum absolute atomic E-state index is 0.0271. The molecule has 0 fully saturated rings. The zero-order chi connectivity index (χ0) is 26.6. The van der Waals surface area contributed by atoms with Gasteiger partial charge in [-0.2, -0.15) is 0 Å². The number of amides is 2. The molecule has 0 aliphatic heterocycles. The first-order chi connectivity index (χ1) is 17.0. The average molecular weight is 613 g/mol. The standard InChI is InChI=1S/C25H28BrCl2N5O2S/c1-6-33-23(22(13(2)3)30-24(35)17-8-7-16(27)11-19(17)28)31-32-25(33)36-12-21(34)29-20-10-9-18(26)14(4)15(20)5/h7-11,13,22H,6,12H2,1-5H3,(H,29,34)(H,30,35)/t22-/m0/s1. The first-order valence-corrected chi connectivity index (χ1v) is 13.9. The van der Waals surface area contributed by atoms with Crippen molar-refractivity contribution in [1.29, 1.82) is 0 Å². The Hall–Kier alpha value is -2.07. The van der Waals surface area contributed by atoms with Gasteiger partial charge in [0.2, 0.25) is 5.91 Å². The Kier molecular flexibility index (Phi) is 9.86. The number of hydrogen-bond donors (Lipinski definition) is 2. The molecule has 0 unspecified atom stereocenters. The van der Waals surface area contributed by atoms with E-state index in [9.17, 15) is 9.59 Å². The number of thioether (sulfide) groups is 1. The minimum atomic E-state index is -0.409. The van der Waals surface area contributed by atoms with Gasteiger partial charge < -0.3 is 15.2 Å². The van der Waals surface area contributed by atoms with Crippen LogP contribution in [0.3, 0.4) is 0 Å². The fourth-order valence-corrected chi connectivity index (χ4v) is 5.33. The maximum Gasteiger partial charge on any atom is 0.253 e. The molecule has 0 aliphatic rings. The van der Waals surface area contributed by atoms with Gasteiger partial charge in [-0.25, -0.2) is 0 Å². The fourth-order valence-electron chi connectivity index (χ4n) is 3.60. The van der Waals surface area contributed by atoms with Gasteiger partial charge in [0, 0.05) is 21.7 Å². The molecule has 0 aliphatic carbocycles. The van der Waals surface area contributed by atoms with Crippen LogP contribution in [0, 0.1) is 19.8 Å². The molecule has 1 atom stereocenters. The maximum atomic E-state index is 13.0. The number of benzene rings is 2. The molecular formula is C25H28BrCl2N5O2S. The molecule has 3 aromatic rings. The Morgan fingerprint density at radius 1 is 1.11 bits per heavy atom. The SMILES string of the molecule is CCn1c(SCC(=O)Nc2ccc(Br)c(C)c2C)nnc1[C@@H](NC(=O)c1ccc(Cl)cc1Cl)C(C)C. The van der Waals surface area contributed by atoms with Gasteiger partial charge in [-0.05, 0) is 68.1 Å². The Morgan fingerprint density at radius 3 is 2.47 bits per heavy atom. The predicted molar refractivity (Wildman–Crippen MR) is 150 cm³/mol. The smallest absolute Gasteiger partial charge is 0.253 e. The van der Waals surface area contributed by atoms with E-state index in [1.807, 2.05) is 51.3 Å². The molecule has 2 amide bonds. The molecule has 36 heavy (non-hydrogen) atoms. The lowest BCUT2D eigenvalue weighted by Crippen LogP contribution is -2.34. The number of halogens is 3. The molecule has 1 heterocycles. The van der Waals surface area contributed by atoms with Crippen LogP contribution in [0.5, 0.6) is 0 Å². The molecule has 0 spiro atoms. The number of aromatic nitrogens is 3. The molecular weight excluding hydrogens is 585 g/mol. The van der Waals surface area contributed by atoms with Crippen molar-refractivity contribution >= 4 is 68.4 Å². The number of rotatable bonds is 9. The second-order valence-corrected chi connectivity index (χ2v) is 11.2. The number of carbonyl (C=O) groups excluding carboxylic acids is 2. The van der Waals surface area contributed by atoms with Gasteiger partial charge in [0.25, 0.3) is 5.91 Å². The lowest BCUT2D eigenvalue weighted by Gasteiger charge is -2.22. The van der Waals surface area contributed by atoms with E-state index in [2.05, 4.69) is 36.8 Å². The molecule has 7 nitrogen and oxygen atoms in total. The third kappa shape index (κ3) is 6.62. The van der Waals surface area contributed by atoms with E-state index in [4.69, 9.17) is 23.2 Å². The van der Waals surface area contributed by atoms with Crippen LogP contribution in [0.2, 0.25) is 10.0 Å². The molecule has 0 saturated heterocycles. The summed E-state index contributed by atoms with van der Waals surface area (Å²) in [6, 6.07) is 8.14. The highest BCUT2D eigenvalue weighted by molar-refractivity contribution is 9.10. The van der Waals surface area contributed by atoms with E-state index in [1.165, 1.54) is 17.8 Å².